The molecule has 0 saturated carbocycles. The van der Waals surface area contributed by atoms with Crippen LogP contribution in [0.1, 0.15) is 17.3 Å². The fourth-order valence-corrected chi connectivity index (χ4v) is 3.00. The Kier molecular flexibility index (Phi) is 4.73. The van der Waals surface area contributed by atoms with Gasteiger partial charge in [-0.2, -0.15) is 10.1 Å². The molecule has 25 heavy (non-hydrogen) atoms. The van der Waals surface area contributed by atoms with Crippen molar-refractivity contribution in [3.8, 4) is 11.4 Å². The van der Waals surface area contributed by atoms with Gasteiger partial charge in [0.25, 0.3) is 0 Å². The molecule has 3 rings (SSSR count). The molecule has 10 heteroatoms. The zero-order valence-corrected chi connectivity index (χ0v) is 14.9. The number of hydrogen-bond donors (Lipinski definition) is 0. The van der Waals surface area contributed by atoms with Crippen LogP contribution in [0, 0.1) is 24.0 Å². The smallest absolute Gasteiger partial charge is 0.312 e. The van der Waals surface area contributed by atoms with Gasteiger partial charge in [-0.05, 0) is 32.0 Å². The van der Waals surface area contributed by atoms with Crippen LogP contribution in [0.2, 0.25) is 10.0 Å². The summed E-state index contributed by atoms with van der Waals surface area (Å²) >= 11 is 12.0. The molecule has 0 aliphatic heterocycles. The van der Waals surface area contributed by atoms with E-state index in [9.17, 15) is 10.1 Å². The molecule has 0 amide bonds. The first kappa shape index (κ1) is 17.4. The van der Waals surface area contributed by atoms with Crippen LogP contribution in [-0.4, -0.2) is 24.8 Å². The van der Waals surface area contributed by atoms with Crippen molar-refractivity contribution in [1.82, 2.24) is 19.9 Å². The van der Waals surface area contributed by atoms with Crippen molar-refractivity contribution in [2.45, 2.75) is 26.8 Å². The lowest BCUT2D eigenvalue weighted by Crippen LogP contribution is -2.06. The second-order valence-corrected chi connectivity index (χ2v) is 6.23. The second kappa shape index (κ2) is 6.81. The van der Waals surface area contributed by atoms with Gasteiger partial charge in [-0.1, -0.05) is 28.4 Å². The van der Waals surface area contributed by atoms with E-state index in [4.69, 9.17) is 27.7 Å². The summed E-state index contributed by atoms with van der Waals surface area (Å²) in [5, 5.41) is 20.1. The number of aromatic nitrogens is 4. The Bertz CT molecular complexity index is 951. The molecule has 130 valence electrons. The Morgan fingerprint density at radius 2 is 2.08 bits per heavy atom. The number of hydrogen-bond acceptors (Lipinski definition) is 6. The summed E-state index contributed by atoms with van der Waals surface area (Å²) < 4.78 is 6.78. The Morgan fingerprint density at radius 3 is 2.72 bits per heavy atom. The van der Waals surface area contributed by atoms with Crippen LogP contribution >= 0.6 is 23.2 Å². The third-order valence-corrected chi connectivity index (χ3v) is 4.25. The molecule has 0 bridgehead atoms. The molecule has 2 aromatic heterocycles. The zero-order valence-electron chi connectivity index (χ0n) is 13.4. The molecule has 8 nitrogen and oxygen atoms in total. The van der Waals surface area contributed by atoms with Crippen molar-refractivity contribution >= 4 is 28.9 Å². The predicted octanol–water partition coefficient (Wildman–Crippen LogP) is 4.01. The van der Waals surface area contributed by atoms with Gasteiger partial charge in [-0.3, -0.25) is 14.8 Å². The first-order valence-electron chi connectivity index (χ1n) is 7.33. The minimum atomic E-state index is -0.429. The highest BCUT2D eigenvalue weighted by Crippen LogP contribution is 2.28. The van der Waals surface area contributed by atoms with Crippen molar-refractivity contribution in [2.24, 2.45) is 0 Å². The van der Waals surface area contributed by atoms with Crippen LogP contribution in [0.5, 0.6) is 0 Å². The van der Waals surface area contributed by atoms with Gasteiger partial charge < -0.3 is 4.52 Å². The Labute approximate surface area is 152 Å². The van der Waals surface area contributed by atoms with E-state index in [1.54, 1.807) is 36.7 Å². The molecule has 0 fully saturated rings. The fourth-order valence-electron chi connectivity index (χ4n) is 2.51. The quantitative estimate of drug-likeness (QED) is 0.488. The van der Waals surface area contributed by atoms with Gasteiger partial charge in [0, 0.05) is 17.0 Å². The van der Waals surface area contributed by atoms with E-state index >= 15 is 0 Å². The second-order valence-electron chi connectivity index (χ2n) is 5.39. The highest BCUT2D eigenvalue weighted by Gasteiger charge is 2.22. The van der Waals surface area contributed by atoms with Gasteiger partial charge in [-0.25, -0.2) is 0 Å². The molecular formula is C15H13Cl2N5O3. The average molecular weight is 382 g/mol. The minimum Gasteiger partial charge on any atom is -0.339 e. The Hall–Kier alpha value is -2.45. The molecule has 0 spiro atoms. The fraction of sp³-hybridized carbons (Fsp3) is 0.267. The normalized spacial score (nSPS) is 11.0. The van der Waals surface area contributed by atoms with E-state index in [0.29, 0.717) is 51.7 Å². The third kappa shape index (κ3) is 3.49. The summed E-state index contributed by atoms with van der Waals surface area (Å²) in [5.74, 6) is 0.743. The number of nitro groups is 1. The molecule has 3 aromatic rings. The lowest BCUT2D eigenvalue weighted by atomic mass is 10.2. The van der Waals surface area contributed by atoms with Gasteiger partial charge in [0.05, 0.1) is 16.5 Å². The molecule has 0 saturated heterocycles. The summed E-state index contributed by atoms with van der Waals surface area (Å²) in [6.45, 7) is 3.65. The molecular weight excluding hydrogens is 369 g/mol. The topological polar surface area (TPSA) is 99.9 Å². The number of benzene rings is 1. The van der Waals surface area contributed by atoms with Crippen molar-refractivity contribution in [2.75, 3.05) is 0 Å². The van der Waals surface area contributed by atoms with Crippen LogP contribution in [0.4, 0.5) is 5.69 Å². The van der Waals surface area contributed by atoms with Gasteiger partial charge >= 0.3 is 5.69 Å². The first-order chi connectivity index (χ1) is 11.9. The molecule has 0 N–H and O–H groups in total. The summed E-state index contributed by atoms with van der Waals surface area (Å²) in [7, 11) is 0. The van der Waals surface area contributed by atoms with Crippen LogP contribution in [-0.2, 0) is 13.0 Å². The standard InChI is InChI=1S/C15H13Cl2N5O3/c1-8-14(22(23)24)9(2)21(19-8)6-5-13-18-15(20-25-13)11-4-3-10(16)7-12(11)17/h3-4,7H,5-6H2,1-2H3. The van der Waals surface area contributed by atoms with Gasteiger partial charge in [-0.15, -0.1) is 0 Å². The number of nitrogens with zero attached hydrogens (tertiary/aromatic N) is 5. The zero-order chi connectivity index (χ0) is 18.1. The summed E-state index contributed by atoms with van der Waals surface area (Å²) in [4.78, 5) is 14.9. The van der Waals surface area contributed by atoms with E-state index in [-0.39, 0.29) is 5.69 Å². The van der Waals surface area contributed by atoms with E-state index in [1.165, 1.54) is 0 Å². The Morgan fingerprint density at radius 1 is 1.32 bits per heavy atom. The van der Waals surface area contributed by atoms with E-state index < -0.39 is 4.92 Å². The predicted molar refractivity (Wildman–Crippen MR) is 91.8 cm³/mol. The van der Waals surface area contributed by atoms with Gasteiger partial charge in [0.2, 0.25) is 11.7 Å². The molecule has 0 atom stereocenters. The van der Waals surface area contributed by atoms with Crippen molar-refractivity contribution < 1.29 is 9.45 Å². The Balaban J connectivity index is 1.77. The lowest BCUT2D eigenvalue weighted by Gasteiger charge is -2.00. The molecule has 0 radical (unpaired) electrons. The maximum atomic E-state index is 11.0. The van der Waals surface area contributed by atoms with Crippen molar-refractivity contribution in [3.05, 3.63) is 55.6 Å². The minimum absolute atomic E-state index is 0.0270. The summed E-state index contributed by atoms with van der Waals surface area (Å²) in [6.07, 6.45) is 0.386. The maximum absolute atomic E-state index is 11.0. The third-order valence-electron chi connectivity index (χ3n) is 3.70. The number of halogens is 2. The lowest BCUT2D eigenvalue weighted by molar-refractivity contribution is -0.386. The highest BCUT2D eigenvalue weighted by molar-refractivity contribution is 6.36. The first-order valence-corrected chi connectivity index (χ1v) is 8.09. The molecule has 0 aliphatic carbocycles. The largest absolute Gasteiger partial charge is 0.339 e. The van der Waals surface area contributed by atoms with E-state index in [1.807, 2.05) is 0 Å². The number of rotatable bonds is 5. The van der Waals surface area contributed by atoms with Gasteiger partial charge in [0.1, 0.15) is 11.4 Å². The highest BCUT2D eigenvalue weighted by atomic mass is 35.5. The van der Waals surface area contributed by atoms with Crippen LogP contribution in [0.15, 0.2) is 22.7 Å². The van der Waals surface area contributed by atoms with E-state index in [0.717, 1.165) is 0 Å². The monoisotopic (exact) mass is 381 g/mol. The summed E-state index contributed by atoms with van der Waals surface area (Å²) in [5.41, 5.74) is 1.51. The molecule has 0 aliphatic rings. The summed E-state index contributed by atoms with van der Waals surface area (Å²) in [6, 6.07) is 5.00. The maximum Gasteiger partial charge on any atom is 0.312 e. The number of aryl methyl sites for hydroxylation is 3. The molecule has 0 unspecified atom stereocenters. The SMILES string of the molecule is Cc1nn(CCc2nc(-c3ccc(Cl)cc3Cl)no2)c(C)c1[N+](=O)[O-]. The van der Waals surface area contributed by atoms with E-state index in [2.05, 4.69) is 15.2 Å². The van der Waals surface area contributed by atoms with Crippen molar-refractivity contribution in [3.63, 3.8) is 0 Å². The van der Waals surface area contributed by atoms with Gasteiger partial charge in [0.15, 0.2) is 0 Å². The molecule has 1 aromatic carbocycles. The van der Waals surface area contributed by atoms with Crippen LogP contribution in [0.3, 0.4) is 0 Å². The van der Waals surface area contributed by atoms with Crippen LogP contribution < -0.4 is 0 Å². The van der Waals surface area contributed by atoms with Crippen molar-refractivity contribution in [1.29, 1.82) is 0 Å². The van der Waals surface area contributed by atoms with Crippen LogP contribution in [0.25, 0.3) is 11.4 Å². The molecule has 2 heterocycles. The average Bonchev–Trinajstić information content (AvgIpc) is 3.09.